The molecule has 67 heavy (non-hydrogen) atoms. The lowest BCUT2D eigenvalue weighted by atomic mass is 9.89. The van der Waals surface area contributed by atoms with Gasteiger partial charge in [-0.2, -0.15) is 0 Å². The van der Waals surface area contributed by atoms with E-state index in [9.17, 15) is 24.0 Å². The summed E-state index contributed by atoms with van der Waals surface area (Å²) in [7, 11) is 1.72. The zero-order chi connectivity index (χ0) is 46.6. The molecule has 2 unspecified atom stereocenters. The first-order chi connectivity index (χ1) is 32.5. The second-order valence-electron chi connectivity index (χ2n) is 18.9. The van der Waals surface area contributed by atoms with E-state index in [1.807, 2.05) is 49.1 Å². The largest absolute Gasteiger partial charge is 0.380 e. The molecule has 350 valence electrons. The van der Waals surface area contributed by atoms with Crippen LogP contribution in [0.4, 0.5) is 5.69 Å². The Morgan fingerprint density at radius 1 is 0.896 bits per heavy atom. The molecule has 5 aromatic rings. The van der Waals surface area contributed by atoms with E-state index in [2.05, 4.69) is 79.8 Å². The van der Waals surface area contributed by atoms with Gasteiger partial charge >= 0.3 is 5.69 Å². The van der Waals surface area contributed by atoms with Gasteiger partial charge in [0.15, 0.2) is 0 Å². The van der Waals surface area contributed by atoms with Crippen LogP contribution in [0.5, 0.6) is 0 Å². The van der Waals surface area contributed by atoms with E-state index in [1.165, 1.54) is 4.57 Å². The van der Waals surface area contributed by atoms with Crippen LogP contribution < -0.4 is 27.0 Å². The average molecular weight is 923 g/mol. The minimum absolute atomic E-state index is 0.0817. The molecule has 4 N–H and O–H groups in total. The van der Waals surface area contributed by atoms with Crippen LogP contribution in [-0.4, -0.2) is 94.4 Å². The molecule has 0 bridgehead atoms. The van der Waals surface area contributed by atoms with Crippen LogP contribution in [0.1, 0.15) is 115 Å². The first-order valence-corrected chi connectivity index (χ1v) is 25.0. The molecule has 4 amide bonds. The molecule has 2 atom stereocenters. The Morgan fingerprint density at radius 3 is 2.43 bits per heavy atom. The number of aromatic nitrogens is 2. The molecule has 14 heteroatoms. The maximum Gasteiger partial charge on any atom is 0.329 e. The number of piperidine rings is 3. The molecule has 4 fully saturated rings. The Hall–Kier alpha value is -6.01. The molecule has 4 aliphatic rings. The van der Waals surface area contributed by atoms with Crippen molar-refractivity contribution in [2.24, 2.45) is 13.0 Å². The number of unbranched alkanes of at least 4 members (excludes halogenated alkanes) is 1. The second-order valence-corrected chi connectivity index (χ2v) is 19.9. The molecule has 0 radical (unpaired) electrons. The van der Waals surface area contributed by atoms with Gasteiger partial charge in [-0.05, 0) is 149 Å². The molecular weight excluding hydrogens is 861 g/mol. The lowest BCUT2D eigenvalue weighted by molar-refractivity contribution is -0.136. The van der Waals surface area contributed by atoms with Crippen molar-refractivity contribution in [2.45, 2.75) is 95.7 Å². The van der Waals surface area contributed by atoms with E-state index in [1.54, 1.807) is 23.0 Å². The molecule has 0 aliphatic carbocycles. The van der Waals surface area contributed by atoms with Gasteiger partial charge < -0.3 is 25.8 Å². The normalized spacial score (nSPS) is 19.1. The predicted molar refractivity (Wildman–Crippen MR) is 264 cm³/mol. The number of carbonyl (C=O) groups excluding carboxylic acids is 4. The Labute approximate surface area is 396 Å². The van der Waals surface area contributed by atoms with Crippen molar-refractivity contribution in [1.29, 1.82) is 0 Å². The number of nitrogens with zero attached hydrogens (tertiary/aromatic N) is 4. The summed E-state index contributed by atoms with van der Waals surface area (Å²) in [5.74, 6) is 7.19. The summed E-state index contributed by atoms with van der Waals surface area (Å²) in [5, 5.41) is 14.5. The smallest absolute Gasteiger partial charge is 0.329 e. The Morgan fingerprint density at radius 2 is 1.70 bits per heavy atom. The summed E-state index contributed by atoms with van der Waals surface area (Å²) in [6.07, 6.45) is 6.73. The van der Waals surface area contributed by atoms with Crippen molar-refractivity contribution in [3.63, 3.8) is 0 Å². The first kappa shape index (κ1) is 46.1. The zero-order valence-electron chi connectivity index (χ0n) is 38.9. The third kappa shape index (κ3) is 10.4. The zero-order valence-corrected chi connectivity index (χ0v) is 39.7. The fraction of sp³-hybridized carbons (Fsp3) is 0.453. The van der Waals surface area contributed by atoms with Gasteiger partial charge in [-0.25, -0.2) is 4.79 Å². The van der Waals surface area contributed by atoms with Gasteiger partial charge in [-0.1, -0.05) is 36.1 Å². The molecule has 9 rings (SSSR count). The number of likely N-dealkylation sites (tertiary alicyclic amines) is 2. The van der Waals surface area contributed by atoms with Crippen LogP contribution in [0.3, 0.4) is 0 Å². The number of imidazole rings is 1. The van der Waals surface area contributed by atoms with Crippen LogP contribution in [0.15, 0.2) is 76.9 Å². The summed E-state index contributed by atoms with van der Waals surface area (Å²) in [5.41, 5.74) is 8.07. The highest BCUT2D eigenvalue weighted by Crippen LogP contribution is 2.33. The van der Waals surface area contributed by atoms with E-state index in [0.29, 0.717) is 35.9 Å². The van der Waals surface area contributed by atoms with Crippen molar-refractivity contribution in [3.05, 3.63) is 110 Å². The van der Waals surface area contributed by atoms with Gasteiger partial charge in [0.05, 0.1) is 23.1 Å². The number of hydrogen-bond donors (Lipinski definition) is 4. The van der Waals surface area contributed by atoms with E-state index < -0.39 is 11.9 Å². The highest BCUT2D eigenvalue weighted by molar-refractivity contribution is 7.13. The molecule has 0 saturated carbocycles. The SMILES string of the molecule is Cc1ccc(NC2CNC2)cc1C(=O)NC(C)c1ccc(C#CC2CCN(CCCCC(=O)N3CCC(c4ccc5c(c4)n(C)c(=O)n5C4CCC(=O)NC4=O)CC3)CC2)c(-c2cccs2)c1. The number of anilines is 1. The summed E-state index contributed by atoms with van der Waals surface area (Å²) < 4.78 is 3.10. The lowest BCUT2D eigenvalue weighted by Crippen LogP contribution is -2.51. The van der Waals surface area contributed by atoms with Gasteiger partial charge in [0.25, 0.3) is 5.91 Å². The van der Waals surface area contributed by atoms with E-state index in [4.69, 9.17) is 0 Å². The van der Waals surface area contributed by atoms with Crippen molar-refractivity contribution in [2.75, 3.05) is 51.1 Å². The molecule has 4 aliphatic heterocycles. The molecular formula is C53H62N8O5S. The fourth-order valence-corrected chi connectivity index (χ4v) is 10.9. The molecule has 13 nitrogen and oxygen atoms in total. The van der Waals surface area contributed by atoms with Crippen LogP contribution in [0.2, 0.25) is 0 Å². The third-order valence-corrected chi connectivity index (χ3v) is 15.3. The maximum absolute atomic E-state index is 13.5. The van der Waals surface area contributed by atoms with Crippen molar-refractivity contribution in [1.82, 2.24) is 34.9 Å². The number of fused-ring (bicyclic) bond motifs is 1. The number of thiophene rings is 1. The minimum Gasteiger partial charge on any atom is -0.380 e. The Bertz CT molecular complexity index is 2760. The summed E-state index contributed by atoms with van der Waals surface area (Å²) >= 11 is 1.70. The van der Waals surface area contributed by atoms with E-state index in [-0.39, 0.29) is 41.8 Å². The van der Waals surface area contributed by atoms with Gasteiger partial charge in [0.2, 0.25) is 17.7 Å². The Balaban J connectivity index is 0.718. The highest BCUT2D eigenvalue weighted by atomic mass is 32.1. The summed E-state index contributed by atoms with van der Waals surface area (Å²) in [4.78, 5) is 70.1. The van der Waals surface area contributed by atoms with Crippen LogP contribution in [0, 0.1) is 24.7 Å². The number of amides is 4. The second kappa shape index (κ2) is 20.5. The molecule has 0 spiro atoms. The number of rotatable bonds is 13. The number of aryl methyl sites for hydroxylation is 2. The lowest BCUT2D eigenvalue weighted by Gasteiger charge is -2.32. The summed E-state index contributed by atoms with van der Waals surface area (Å²) in [6.45, 7) is 10.3. The first-order valence-electron chi connectivity index (χ1n) is 24.1. The average Bonchev–Trinajstić information content (AvgIpc) is 3.95. The molecule has 6 heterocycles. The molecule has 4 saturated heterocycles. The summed E-state index contributed by atoms with van der Waals surface area (Å²) in [6, 6.07) is 22.1. The van der Waals surface area contributed by atoms with E-state index >= 15 is 0 Å². The van der Waals surface area contributed by atoms with Crippen LogP contribution >= 0.6 is 11.3 Å². The van der Waals surface area contributed by atoms with Crippen LogP contribution in [0.25, 0.3) is 21.5 Å². The number of nitrogens with one attached hydrogen (secondary N) is 4. The number of benzene rings is 3. The Kier molecular flexibility index (Phi) is 14.1. The highest BCUT2D eigenvalue weighted by Gasteiger charge is 2.32. The van der Waals surface area contributed by atoms with Crippen molar-refractivity contribution in [3.8, 4) is 22.3 Å². The van der Waals surface area contributed by atoms with Gasteiger partial charge in [-0.3, -0.25) is 33.6 Å². The standard InChI is InChI=1S/C53H62N8O5S/c1-34-9-15-41(56-42-32-54-33-42)31-43(34)51(64)55-35(2)39-13-12-38(44(29-39)48-7-6-28-67-48)11-10-36-19-24-59(25-20-36)23-5-4-8-50(63)60-26-21-37(22-27-60)40-14-16-45-47(30-40)58(3)53(66)61(45)46-17-18-49(62)57-52(46)65/h6-7,9,12-16,28-31,35-37,42,46,54,56H,4-5,8,17-27,32-33H2,1-3H3,(H,55,64)(H,57,62,65). The quantitative estimate of drug-likeness (QED) is 0.0569. The van der Waals surface area contributed by atoms with Gasteiger partial charge in [0.1, 0.15) is 6.04 Å². The number of carbonyl (C=O) groups is 4. The monoisotopic (exact) mass is 922 g/mol. The van der Waals surface area contributed by atoms with Crippen molar-refractivity contribution >= 4 is 51.7 Å². The number of hydrogen-bond acceptors (Lipinski definition) is 9. The maximum atomic E-state index is 13.5. The fourth-order valence-electron chi connectivity index (χ4n) is 10.1. The van der Waals surface area contributed by atoms with Gasteiger partial charge in [-0.15, -0.1) is 11.3 Å². The topological polar surface area (TPSA) is 150 Å². The van der Waals surface area contributed by atoms with E-state index in [0.717, 1.165) is 128 Å². The predicted octanol–water partition coefficient (Wildman–Crippen LogP) is 6.87. The minimum atomic E-state index is -0.703. The molecule has 2 aromatic heterocycles. The van der Waals surface area contributed by atoms with Gasteiger partial charge in [0, 0.05) is 79.2 Å². The number of imide groups is 1. The third-order valence-electron chi connectivity index (χ3n) is 14.4. The van der Waals surface area contributed by atoms with Crippen molar-refractivity contribution < 1.29 is 19.2 Å². The molecule has 3 aromatic carbocycles. The van der Waals surface area contributed by atoms with Crippen LogP contribution in [-0.2, 0) is 21.4 Å².